The van der Waals surface area contributed by atoms with Gasteiger partial charge in [-0.2, -0.15) is 0 Å². The molecule has 3 rings (SSSR count). The third-order valence-corrected chi connectivity index (χ3v) is 3.70. The number of nitrogens with one attached hydrogen (secondary N) is 2. The van der Waals surface area contributed by atoms with Crippen LogP contribution in [0.15, 0.2) is 77.4 Å². The molecule has 5 nitrogen and oxygen atoms in total. The highest BCUT2D eigenvalue weighted by molar-refractivity contribution is 5.95. The van der Waals surface area contributed by atoms with Crippen LogP contribution in [0, 0.1) is 0 Å². The van der Waals surface area contributed by atoms with E-state index < -0.39 is 0 Å². The Hall–Kier alpha value is -3.34. The molecule has 0 atom stereocenters. The molecule has 0 unspecified atom stereocenters. The van der Waals surface area contributed by atoms with Gasteiger partial charge in [0.05, 0.1) is 6.26 Å². The third-order valence-electron chi connectivity index (χ3n) is 3.70. The predicted molar refractivity (Wildman–Crippen MR) is 95.3 cm³/mol. The van der Waals surface area contributed by atoms with Crippen LogP contribution in [0.5, 0.6) is 0 Å². The second-order valence-corrected chi connectivity index (χ2v) is 5.43. The van der Waals surface area contributed by atoms with E-state index >= 15 is 0 Å². The number of furan rings is 1. The minimum absolute atomic E-state index is 0.174. The van der Waals surface area contributed by atoms with Crippen molar-refractivity contribution in [2.75, 3.05) is 13.1 Å². The van der Waals surface area contributed by atoms with Gasteiger partial charge in [0, 0.05) is 18.7 Å². The van der Waals surface area contributed by atoms with Crippen molar-refractivity contribution in [3.05, 3.63) is 84.3 Å². The molecular weight excluding hydrogens is 316 g/mol. The fourth-order valence-corrected chi connectivity index (χ4v) is 2.39. The Labute approximate surface area is 145 Å². The van der Waals surface area contributed by atoms with E-state index in [2.05, 4.69) is 10.6 Å². The first-order valence-electron chi connectivity index (χ1n) is 7.99. The SMILES string of the molecule is O=C(NCCNC(=O)c1ccco1)c1ccc(-c2ccccc2)cc1. The zero-order chi connectivity index (χ0) is 17.5. The summed E-state index contributed by atoms with van der Waals surface area (Å²) < 4.78 is 4.99. The van der Waals surface area contributed by atoms with Crippen LogP contribution in [0.2, 0.25) is 0 Å². The lowest BCUT2D eigenvalue weighted by Crippen LogP contribution is -2.34. The van der Waals surface area contributed by atoms with E-state index in [0.717, 1.165) is 11.1 Å². The summed E-state index contributed by atoms with van der Waals surface area (Å²) in [5.41, 5.74) is 2.75. The van der Waals surface area contributed by atoms with Crippen molar-refractivity contribution >= 4 is 11.8 Å². The fraction of sp³-hybridized carbons (Fsp3) is 0.100. The number of amides is 2. The van der Waals surface area contributed by atoms with E-state index in [1.807, 2.05) is 42.5 Å². The molecule has 0 aliphatic rings. The largest absolute Gasteiger partial charge is 0.459 e. The van der Waals surface area contributed by atoms with Crippen LogP contribution < -0.4 is 10.6 Å². The first kappa shape index (κ1) is 16.5. The molecule has 0 spiro atoms. The van der Waals surface area contributed by atoms with Gasteiger partial charge in [0.1, 0.15) is 0 Å². The van der Waals surface area contributed by atoms with E-state index in [1.54, 1.807) is 24.3 Å². The quantitative estimate of drug-likeness (QED) is 0.681. The molecule has 1 aromatic heterocycles. The highest BCUT2D eigenvalue weighted by Gasteiger charge is 2.08. The van der Waals surface area contributed by atoms with Crippen LogP contribution in [-0.2, 0) is 0 Å². The Kier molecular flexibility index (Phi) is 5.26. The maximum Gasteiger partial charge on any atom is 0.287 e. The molecule has 2 N–H and O–H groups in total. The summed E-state index contributed by atoms with van der Waals surface area (Å²) in [6.07, 6.45) is 1.44. The first-order valence-corrected chi connectivity index (χ1v) is 7.99. The average Bonchev–Trinajstić information content (AvgIpc) is 3.21. The summed E-state index contributed by atoms with van der Waals surface area (Å²) in [6, 6.07) is 20.6. The van der Waals surface area contributed by atoms with Gasteiger partial charge in [0.2, 0.25) is 0 Å². The lowest BCUT2D eigenvalue weighted by Gasteiger charge is -2.07. The van der Waals surface area contributed by atoms with Crippen LogP contribution in [-0.4, -0.2) is 24.9 Å². The summed E-state index contributed by atoms with van der Waals surface area (Å²) in [6.45, 7) is 0.666. The Morgan fingerprint density at radius 2 is 1.36 bits per heavy atom. The first-order chi connectivity index (χ1) is 12.2. The van der Waals surface area contributed by atoms with E-state index in [1.165, 1.54) is 6.26 Å². The van der Waals surface area contributed by atoms with E-state index in [9.17, 15) is 9.59 Å². The topological polar surface area (TPSA) is 71.3 Å². The number of hydrogen-bond acceptors (Lipinski definition) is 3. The molecule has 3 aromatic rings. The van der Waals surface area contributed by atoms with Crippen LogP contribution >= 0.6 is 0 Å². The van der Waals surface area contributed by atoms with Crippen molar-refractivity contribution < 1.29 is 14.0 Å². The van der Waals surface area contributed by atoms with Gasteiger partial charge >= 0.3 is 0 Å². The molecule has 5 heteroatoms. The van der Waals surface area contributed by atoms with Crippen LogP contribution in [0.3, 0.4) is 0 Å². The second-order valence-electron chi connectivity index (χ2n) is 5.43. The van der Waals surface area contributed by atoms with Gasteiger partial charge in [0.15, 0.2) is 5.76 Å². The minimum atomic E-state index is -0.300. The normalized spacial score (nSPS) is 10.2. The molecule has 1 heterocycles. The Morgan fingerprint density at radius 3 is 2.00 bits per heavy atom. The summed E-state index contributed by atoms with van der Waals surface area (Å²) >= 11 is 0. The Morgan fingerprint density at radius 1 is 0.720 bits per heavy atom. The van der Waals surface area contributed by atoms with Crippen LogP contribution in [0.25, 0.3) is 11.1 Å². The molecule has 2 amide bonds. The zero-order valence-corrected chi connectivity index (χ0v) is 13.6. The van der Waals surface area contributed by atoms with Gasteiger partial charge in [-0.15, -0.1) is 0 Å². The fourth-order valence-electron chi connectivity index (χ4n) is 2.39. The van der Waals surface area contributed by atoms with E-state index in [4.69, 9.17) is 4.42 Å². The summed E-state index contributed by atoms with van der Waals surface area (Å²) in [7, 11) is 0. The molecular formula is C20H18N2O3. The summed E-state index contributed by atoms with van der Waals surface area (Å²) in [5, 5.41) is 5.45. The summed E-state index contributed by atoms with van der Waals surface area (Å²) in [5.74, 6) is -0.221. The molecule has 0 aliphatic heterocycles. The molecule has 0 aliphatic carbocycles. The van der Waals surface area contributed by atoms with Gasteiger partial charge in [-0.1, -0.05) is 42.5 Å². The third kappa shape index (κ3) is 4.35. The van der Waals surface area contributed by atoms with Crippen molar-refractivity contribution in [2.24, 2.45) is 0 Å². The molecule has 0 radical (unpaired) electrons. The minimum Gasteiger partial charge on any atom is -0.459 e. The van der Waals surface area contributed by atoms with Gasteiger partial charge < -0.3 is 15.1 Å². The molecule has 0 bridgehead atoms. The van der Waals surface area contributed by atoms with E-state index in [0.29, 0.717) is 18.7 Å². The van der Waals surface area contributed by atoms with Crippen molar-refractivity contribution in [2.45, 2.75) is 0 Å². The molecule has 126 valence electrons. The maximum atomic E-state index is 12.1. The maximum absolute atomic E-state index is 12.1. The van der Waals surface area contributed by atoms with Crippen molar-refractivity contribution in [1.82, 2.24) is 10.6 Å². The molecule has 2 aromatic carbocycles. The zero-order valence-electron chi connectivity index (χ0n) is 13.6. The number of hydrogen-bond donors (Lipinski definition) is 2. The van der Waals surface area contributed by atoms with Gasteiger partial charge in [-0.3, -0.25) is 9.59 Å². The standard InChI is InChI=1S/C20H18N2O3/c23-19(21-12-13-22-20(24)18-7-4-14-25-18)17-10-8-16(9-11-17)15-5-2-1-3-6-15/h1-11,14H,12-13H2,(H,21,23)(H,22,24). The predicted octanol–water partition coefficient (Wildman–Crippen LogP) is 3.11. The Balaban J connectivity index is 1.47. The number of benzene rings is 2. The monoisotopic (exact) mass is 334 g/mol. The number of rotatable bonds is 6. The molecule has 25 heavy (non-hydrogen) atoms. The van der Waals surface area contributed by atoms with Gasteiger partial charge in [-0.05, 0) is 35.4 Å². The van der Waals surface area contributed by atoms with Crippen molar-refractivity contribution in [3.63, 3.8) is 0 Å². The average molecular weight is 334 g/mol. The van der Waals surface area contributed by atoms with Crippen molar-refractivity contribution in [1.29, 1.82) is 0 Å². The van der Waals surface area contributed by atoms with Crippen LogP contribution in [0.1, 0.15) is 20.9 Å². The number of carbonyl (C=O) groups excluding carboxylic acids is 2. The van der Waals surface area contributed by atoms with Crippen LogP contribution in [0.4, 0.5) is 0 Å². The number of carbonyl (C=O) groups is 2. The van der Waals surface area contributed by atoms with Gasteiger partial charge in [-0.25, -0.2) is 0 Å². The lowest BCUT2D eigenvalue weighted by atomic mass is 10.0. The highest BCUT2D eigenvalue weighted by atomic mass is 16.3. The lowest BCUT2D eigenvalue weighted by molar-refractivity contribution is 0.0910. The molecule has 0 saturated carbocycles. The smallest absolute Gasteiger partial charge is 0.287 e. The molecule has 0 fully saturated rings. The second kappa shape index (κ2) is 7.97. The molecule has 0 saturated heterocycles. The summed E-state index contributed by atoms with van der Waals surface area (Å²) in [4.78, 5) is 23.8. The van der Waals surface area contributed by atoms with Gasteiger partial charge in [0.25, 0.3) is 11.8 Å². The Bertz CT molecular complexity index is 825. The highest BCUT2D eigenvalue weighted by Crippen LogP contribution is 2.19. The van der Waals surface area contributed by atoms with E-state index in [-0.39, 0.29) is 17.6 Å². The van der Waals surface area contributed by atoms with Crippen molar-refractivity contribution in [3.8, 4) is 11.1 Å².